The second-order valence-electron chi connectivity index (χ2n) is 5.86. The second kappa shape index (κ2) is 15.2. The number of hydrogen-bond acceptors (Lipinski definition) is 4. The van der Waals surface area contributed by atoms with Gasteiger partial charge in [0.2, 0.25) is 0 Å². The Labute approximate surface area is 135 Å². The van der Waals surface area contributed by atoms with E-state index in [1.165, 1.54) is 51.5 Å². The number of carboxylic acids is 1. The van der Waals surface area contributed by atoms with E-state index in [2.05, 4.69) is 19.0 Å². The summed E-state index contributed by atoms with van der Waals surface area (Å²) in [7, 11) is 0.578. The van der Waals surface area contributed by atoms with Gasteiger partial charge in [-0.1, -0.05) is 44.9 Å². The van der Waals surface area contributed by atoms with Crippen molar-refractivity contribution < 1.29 is 22.9 Å². The smallest absolute Gasteiger partial charge is 0.303 e. The molecule has 0 rings (SSSR count). The summed E-state index contributed by atoms with van der Waals surface area (Å²) >= 11 is 0. The zero-order chi connectivity index (χ0) is 17.4. The number of carbonyl (C=O) groups is 1. The Morgan fingerprint density at radius 3 is 1.50 bits per heavy atom. The minimum Gasteiger partial charge on any atom is -0.481 e. The van der Waals surface area contributed by atoms with Crippen LogP contribution in [0.25, 0.3) is 0 Å². The monoisotopic (exact) mass is 339 g/mol. The van der Waals surface area contributed by atoms with Gasteiger partial charge in [-0.2, -0.15) is 8.42 Å². The summed E-state index contributed by atoms with van der Waals surface area (Å²) in [6.45, 7) is 1.20. The minimum atomic E-state index is -3.67. The van der Waals surface area contributed by atoms with Gasteiger partial charge in [0, 0.05) is 6.42 Å². The lowest BCUT2D eigenvalue weighted by Crippen LogP contribution is -2.12. The van der Waals surface area contributed by atoms with Gasteiger partial charge in [-0.3, -0.25) is 9.35 Å². The van der Waals surface area contributed by atoms with Crippen LogP contribution in [0.2, 0.25) is 0 Å². The maximum atomic E-state index is 10.3. The highest BCUT2D eigenvalue weighted by molar-refractivity contribution is 7.85. The molecule has 0 aromatic carbocycles. The van der Waals surface area contributed by atoms with Crippen LogP contribution in [0.4, 0.5) is 0 Å². The Bertz CT molecular complexity index is 347. The molecule has 0 saturated heterocycles. The van der Waals surface area contributed by atoms with Crippen molar-refractivity contribution in [2.24, 2.45) is 0 Å². The molecule has 0 aliphatic rings. The summed E-state index contributed by atoms with van der Waals surface area (Å²) in [4.78, 5) is 12.5. The van der Waals surface area contributed by atoms with Crippen LogP contribution in [0, 0.1) is 0 Å². The average Bonchev–Trinajstić information content (AvgIpc) is 2.33. The molecule has 0 radical (unpaired) electrons. The lowest BCUT2D eigenvalue weighted by Gasteiger charge is -2.08. The molecular weight excluding hydrogens is 306 g/mol. The van der Waals surface area contributed by atoms with E-state index >= 15 is 0 Å². The van der Waals surface area contributed by atoms with E-state index in [0.717, 1.165) is 12.8 Å². The number of hydrogen-bond donors (Lipinski definition) is 2. The molecule has 2 N–H and O–H groups in total. The third-order valence-corrected chi connectivity index (χ3v) is 3.00. The SMILES string of the molecule is CN(C)CCCCCCCCCCCC(=O)O.CS(=O)(=O)O. The Morgan fingerprint density at radius 2 is 1.18 bits per heavy atom. The van der Waals surface area contributed by atoms with Gasteiger partial charge in [0.15, 0.2) is 0 Å². The molecular formula is C15H33NO5S. The maximum Gasteiger partial charge on any atom is 0.303 e. The number of unbranched alkanes of at least 4 members (excludes halogenated alkanes) is 8. The summed E-state index contributed by atoms with van der Waals surface area (Å²) in [6, 6.07) is 0. The fourth-order valence-corrected chi connectivity index (χ4v) is 1.94. The molecule has 22 heavy (non-hydrogen) atoms. The summed E-state index contributed by atoms with van der Waals surface area (Å²) in [5, 5.41) is 8.47. The van der Waals surface area contributed by atoms with Gasteiger partial charge in [-0.15, -0.1) is 0 Å². The number of aliphatic carboxylic acids is 1. The quantitative estimate of drug-likeness (QED) is 0.419. The van der Waals surface area contributed by atoms with Crippen LogP contribution in [-0.4, -0.2) is 55.8 Å². The van der Waals surface area contributed by atoms with Crippen molar-refractivity contribution in [1.82, 2.24) is 4.90 Å². The summed E-state index contributed by atoms with van der Waals surface area (Å²) in [6.07, 6.45) is 12.1. The van der Waals surface area contributed by atoms with E-state index in [-0.39, 0.29) is 0 Å². The fourth-order valence-electron chi connectivity index (χ4n) is 1.94. The molecule has 0 bridgehead atoms. The van der Waals surface area contributed by atoms with E-state index in [1.807, 2.05) is 0 Å². The van der Waals surface area contributed by atoms with Gasteiger partial charge in [0.25, 0.3) is 10.1 Å². The molecule has 0 fully saturated rings. The standard InChI is InChI=1S/C14H29NO2.CH4O3S/c1-15(2)13-11-9-7-5-3-4-6-8-10-12-14(16)17;1-5(2,3)4/h3-13H2,1-2H3,(H,16,17);1H3,(H,2,3,4). The summed E-state index contributed by atoms with van der Waals surface area (Å²) in [5.41, 5.74) is 0. The van der Waals surface area contributed by atoms with E-state index in [0.29, 0.717) is 12.7 Å². The zero-order valence-corrected chi connectivity index (χ0v) is 15.1. The van der Waals surface area contributed by atoms with Crippen LogP contribution in [0.5, 0.6) is 0 Å². The van der Waals surface area contributed by atoms with Crippen molar-refractivity contribution in [2.45, 2.75) is 64.2 Å². The van der Waals surface area contributed by atoms with E-state index in [9.17, 15) is 13.2 Å². The Kier molecular flexibility index (Phi) is 16.4. The van der Waals surface area contributed by atoms with Crippen LogP contribution in [0.1, 0.15) is 64.2 Å². The van der Waals surface area contributed by atoms with Crippen LogP contribution >= 0.6 is 0 Å². The molecule has 7 heteroatoms. The molecule has 0 amide bonds. The largest absolute Gasteiger partial charge is 0.481 e. The minimum absolute atomic E-state index is 0.338. The van der Waals surface area contributed by atoms with Gasteiger partial charge < -0.3 is 10.0 Å². The normalized spacial score (nSPS) is 11.1. The highest BCUT2D eigenvalue weighted by atomic mass is 32.2. The van der Waals surface area contributed by atoms with E-state index in [1.54, 1.807) is 0 Å². The maximum absolute atomic E-state index is 10.3. The third-order valence-electron chi connectivity index (χ3n) is 3.00. The number of carboxylic acid groups (broad SMARTS) is 1. The van der Waals surface area contributed by atoms with Gasteiger partial charge >= 0.3 is 5.97 Å². The first kappa shape index (κ1) is 23.6. The third kappa shape index (κ3) is 36.6. The first-order chi connectivity index (χ1) is 10.1. The molecule has 0 unspecified atom stereocenters. The average molecular weight is 339 g/mol. The van der Waals surface area contributed by atoms with Crippen LogP contribution < -0.4 is 0 Å². The van der Waals surface area contributed by atoms with Crippen molar-refractivity contribution in [3.8, 4) is 0 Å². The van der Waals surface area contributed by atoms with Crippen molar-refractivity contribution in [1.29, 1.82) is 0 Å². The first-order valence-corrected chi connectivity index (χ1v) is 9.76. The predicted molar refractivity (Wildman–Crippen MR) is 89.8 cm³/mol. The van der Waals surface area contributed by atoms with E-state index < -0.39 is 16.1 Å². The van der Waals surface area contributed by atoms with Crippen molar-refractivity contribution in [3.63, 3.8) is 0 Å². The van der Waals surface area contributed by atoms with Crippen molar-refractivity contribution in [2.75, 3.05) is 26.9 Å². The van der Waals surface area contributed by atoms with E-state index in [4.69, 9.17) is 9.66 Å². The Hall–Kier alpha value is -0.660. The van der Waals surface area contributed by atoms with Gasteiger partial charge in [-0.05, 0) is 33.5 Å². The summed E-state index contributed by atoms with van der Waals surface area (Å²) in [5.74, 6) is -0.661. The highest BCUT2D eigenvalue weighted by Gasteiger charge is 1.97. The van der Waals surface area contributed by atoms with Crippen molar-refractivity contribution in [3.05, 3.63) is 0 Å². The molecule has 0 atom stereocenters. The van der Waals surface area contributed by atoms with Gasteiger partial charge in [0.05, 0.1) is 6.26 Å². The van der Waals surface area contributed by atoms with Crippen LogP contribution in [0.3, 0.4) is 0 Å². The highest BCUT2D eigenvalue weighted by Crippen LogP contribution is 2.10. The topological polar surface area (TPSA) is 94.9 Å². The molecule has 0 heterocycles. The molecule has 0 aromatic rings. The molecule has 0 aliphatic carbocycles. The number of nitrogens with zero attached hydrogens (tertiary/aromatic N) is 1. The molecule has 134 valence electrons. The van der Waals surface area contributed by atoms with Gasteiger partial charge in [0.1, 0.15) is 0 Å². The lowest BCUT2D eigenvalue weighted by molar-refractivity contribution is -0.137. The van der Waals surface area contributed by atoms with Gasteiger partial charge in [-0.25, -0.2) is 0 Å². The summed E-state index contributed by atoms with van der Waals surface area (Å²) < 4.78 is 25.9. The second-order valence-corrected chi connectivity index (χ2v) is 7.33. The Balaban J connectivity index is 0. The number of rotatable bonds is 12. The lowest BCUT2D eigenvalue weighted by atomic mass is 10.1. The molecule has 0 saturated carbocycles. The Morgan fingerprint density at radius 1 is 0.864 bits per heavy atom. The van der Waals surface area contributed by atoms with Crippen LogP contribution in [0.15, 0.2) is 0 Å². The predicted octanol–water partition coefficient (Wildman–Crippen LogP) is 3.04. The molecule has 0 aromatic heterocycles. The molecule has 0 aliphatic heterocycles. The zero-order valence-electron chi connectivity index (χ0n) is 14.3. The fraction of sp³-hybridized carbons (Fsp3) is 0.933. The van der Waals surface area contributed by atoms with Crippen LogP contribution in [-0.2, 0) is 14.9 Å². The van der Waals surface area contributed by atoms with Crippen molar-refractivity contribution >= 4 is 16.1 Å². The molecule has 0 spiro atoms. The molecule has 6 nitrogen and oxygen atoms in total. The first-order valence-electron chi connectivity index (χ1n) is 7.92.